The molecule has 0 radical (unpaired) electrons. The predicted octanol–water partition coefficient (Wildman–Crippen LogP) is 3.92. The van der Waals surface area contributed by atoms with Crippen molar-refractivity contribution >= 4 is 28.4 Å². The van der Waals surface area contributed by atoms with Gasteiger partial charge in [0.15, 0.2) is 0 Å². The van der Waals surface area contributed by atoms with E-state index in [0.717, 1.165) is 21.2 Å². The second-order valence-corrected chi connectivity index (χ2v) is 6.68. The van der Waals surface area contributed by atoms with Crippen LogP contribution >= 0.6 is 11.8 Å². The summed E-state index contributed by atoms with van der Waals surface area (Å²) in [4.78, 5) is 12.8. The van der Waals surface area contributed by atoms with Crippen molar-refractivity contribution in [1.82, 2.24) is 5.32 Å². The molecular weight excluding hydrogens is 337 g/mol. The third-order valence-corrected chi connectivity index (χ3v) is 4.87. The van der Waals surface area contributed by atoms with Crippen molar-refractivity contribution < 1.29 is 14.3 Å². The smallest absolute Gasteiger partial charge is 0.230 e. The Morgan fingerprint density at radius 1 is 1.04 bits per heavy atom. The number of aliphatic hydroxyl groups excluding tert-OH is 1. The highest BCUT2D eigenvalue weighted by atomic mass is 32.2. The molecule has 0 bridgehead atoms. The molecular formula is C20H18FNO2S. The van der Waals surface area contributed by atoms with Crippen molar-refractivity contribution in [3.05, 3.63) is 78.1 Å². The van der Waals surface area contributed by atoms with Crippen molar-refractivity contribution in [1.29, 1.82) is 0 Å². The molecule has 0 spiro atoms. The van der Waals surface area contributed by atoms with E-state index in [1.807, 2.05) is 42.5 Å². The van der Waals surface area contributed by atoms with Gasteiger partial charge in [-0.15, -0.1) is 11.8 Å². The maximum absolute atomic E-state index is 12.9. The number of carbonyl (C=O) groups excluding carboxylic acids is 1. The van der Waals surface area contributed by atoms with Crippen LogP contribution in [0.3, 0.4) is 0 Å². The van der Waals surface area contributed by atoms with E-state index in [-0.39, 0.29) is 24.0 Å². The molecule has 0 saturated heterocycles. The fraction of sp³-hybridized carbons (Fsp3) is 0.150. The van der Waals surface area contributed by atoms with Gasteiger partial charge in [-0.1, -0.05) is 42.5 Å². The van der Waals surface area contributed by atoms with Gasteiger partial charge in [-0.3, -0.25) is 4.79 Å². The lowest BCUT2D eigenvalue weighted by atomic mass is 10.0. The summed E-state index contributed by atoms with van der Waals surface area (Å²) in [6.07, 6.45) is -0.772. The number of amides is 1. The van der Waals surface area contributed by atoms with Gasteiger partial charge in [0.05, 0.1) is 11.9 Å². The molecule has 2 N–H and O–H groups in total. The number of benzene rings is 3. The standard InChI is InChI=1S/C20H18FNO2S/c21-15-8-10-16(11-9-15)25-13-20(24)22-12-19(23)18-7-3-5-14-4-1-2-6-17(14)18/h1-11,19,23H,12-13H2,(H,22,24)/t19-/m1/s1. The third-order valence-electron chi connectivity index (χ3n) is 3.86. The average Bonchev–Trinajstić information content (AvgIpc) is 2.65. The summed E-state index contributed by atoms with van der Waals surface area (Å²) in [6.45, 7) is 0.150. The third kappa shape index (κ3) is 4.59. The van der Waals surface area contributed by atoms with Gasteiger partial charge in [0.2, 0.25) is 5.91 Å². The molecule has 25 heavy (non-hydrogen) atoms. The van der Waals surface area contributed by atoms with Crippen molar-refractivity contribution in [3.8, 4) is 0 Å². The number of halogens is 1. The van der Waals surface area contributed by atoms with E-state index in [2.05, 4.69) is 5.32 Å². The summed E-state index contributed by atoms with van der Waals surface area (Å²) in [5.41, 5.74) is 0.796. The summed E-state index contributed by atoms with van der Waals surface area (Å²) >= 11 is 1.33. The number of nitrogens with one attached hydrogen (secondary N) is 1. The number of thioether (sulfide) groups is 1. The molecule has 3 aromatic carbocycles. The number of fused-ring (bicyclic) bond motifs is 1. The summed E-state index contributed by atoms with van der Waals surface area (Å²) < 4.78 is 12.9. The lowest BCUT2D eigenvalue weighted by Gasteiger charge is -2.14. The highest BCUT2D eigenvalue weighted by molar-refractivity contribution is 8.00. The van der Waals surface area contributed by atoms with Gasteiger partial charge in [-0.2, -0.15) is 0 Å². The maximum Gasteiger partial charge on any atom is 0.230 e. The first kappa shape index (κ1) is 17.5. The SMILES string of the molecule is O=C(CSc1ccc(F)cc1)NC[C@@H](O)c1cccc2ccccc12. The lowest BCUT2D eigenvalue weighted by Crippen LogP contribution is -2.29. The first-order chi connectivity index (χ1) is 12.1. The van der Waals surface area contributed by atoms with Crippen LogP contribution in [0.15, 0.2) is 71.6 Å². The second-order valence-electron chi connectivity index (χ2n) is 5.63. The van der Waals surface area contributed by atoms with Crippen LogP contribution in [0.4, 0.5) is 4.39 Å². The molecule has 0 heterocycles. The van der Waals surface area contributed by atoms with Crippen molar-refractivity contribution in [2.24, 2.45) is 0 Å². The van der Waals surface area contributed by atoms with Gasteiger partial charge in [0, 0.05) is 11.4 Å². The van der Waals surface area contributed by atoms with Gasteiger partial charge >= 0.3 is 0 Å². The molecule has 0 aliphatic rings. The van der Waals surface area contributed by atoms with E-state index in [9.17, 15) is 14.3 Å². The van der Waals surface area contributed by atoms with E-state index < -0.39 is 6.10 Å². The van der Waals surface area contributed by atoms with Gasteiger partial charge in [0.1, 0.15) is 5.82 Å². The number of hydrogen-bond acceptors (Lipinski definition) is 3. The Balaban J connectivity index is 1.55. The molecule has 5 heteroatoms. The molecule has 3 aromatic rings. The highest BCUT2D eigenvalue weighted by Gasteiger charge is 2.12. The van der Waals surface area contributed by atoms with Crippen molar-refractivity contribution in [2.75, 3.05) is 12.3 Å². The molecule has 1 amide bonds. The first-order valence-corrected chi connectivity index (χ1v) is 8.93. The second kappa shape index (κ2) is 8.14. The Kier molecular flexibility index (Phi) is 5.68. The molecule has 3 rings (SSSR count). The minimum Gasteiger partial charge on any atom is -0.387 e. The Hall–Kier alpha value is -2.37. The molecule has 128 valence electrons. The van der Waals surface area contributed by atoms with E-state index in [4.69, 9.17) is 0 Å². The van der Waals surface area contributed by atoms with Crippen LogP contribution in [-0.2, 0) is 4.79 Å². The normalized spacial score (nSPS) is 12.1. The molecule has 0 fully saturated rings. The Morgan fingerprint density at radius 3 is 2.56 bits per heavy atom. The zero-order valence-electron chi connectivity index (χ0n) is 13.5. The molecule has 1 atom stereocenters. The van der Waals surface area contributed by atoms with Crippen LogP contribution in [0.5, 0.6) is 0 Å². The summed E-state index contributed by atoms with van der Waals surface area (Å²) in [6, 6.07) is 19.6. The Bertz CT molecular complexity index is 862. The number of aliphatic hydroxyl groups is 1. The number of hydrogen-bond donors (Lipinski definition) is 2. The molecule has 0 unspecified atom stereocenters. The highest BCUT2D eigenvalue weighted by Crippen LogP contribution is 2.24. The Labute approximate surface area is 149 Å². The van der Waals surface area contributed by atoms with Crippen LogP contribution in [0.1, 0.15) is 11.7 Å². The lowest BCUT2D eigenvalue weighted by molar-refractivity contribution is -0.119. The van der Waals surface area contributed by atoms with Crippen LogP contribution in [0.2, 0.25) is 0 Å². The first-order valence-electron chi connectivity index (χ1n) is 7.94. The van der Waals surface area contributed by atoms with Crippen LogP contribution in [-0.4, -0.2) is 23.3 Å². The molecule has 0 aliphatic heterocycles. The van der Waals surface area contributed by atoms with E-state index in [0.29, 0.717) is 0 Å². The summed E-state index contributed by atoms with van der Waals surface area (Å²) in [7, 11) is 0. The fourth-order valence-electron chi connectivity index (χ4n) is 2.59. The van der Waals surface area contributed by atoms with Crippen molar-refractivity contribution in [2.45, 2.75) is 11.0 Å². The van der Waals surface area contributed by atoms with Crippen molar-refractivity contribution in [3.63, 3.8) is 0 Å². The minimum atomic E-state index is -0.772. The molecule has 3 nitrogen and oxygen atoms in total. The topological polar surface area (TPSA) is 49.3 Å². The van der Waals surface area contributed by atoms with E-state index >= 15 is 0 Å². The quantitative estimate of drug-likeness (QED) is 0.659. The van der Waals surface area contributed by atoms with Gasteiger partial charge < -0.3 is 10.4 Å². The monoisotopic (exact) mass is 355 g/mol. The molecule has 0 saturated carbocycles. The maximum atomic E-state index is 12.9. The van der Waals surface area contributed by atoms with Gasteiger partial charge in [0.25, 0.3) is 0 Å². The van der Waals surface area contributed by atoms with E-state index in [1.165, 1.54) is 23.9 Å². The molecule has 0 aromatic heterocycles. The summed E-state index contributed by atoms with van der Waals surface area (Å²) in [5.74, 6) is -0.255. The zero-order valence-corrected chi connectivity index (χ0v) is 14.3. The zero-order chi connectivity index (χ0) is 17.6. The fourth-order valence-corrected chi connectivity index (χ4v) is 3.32. The van der Waals surface area contributed by atoms with Crippen LogP contribution < -0.4 is 5.32 Å². The van der Waals surface area contributed by atoms with Crippen LogP contribution in [0, 0.1) is 5.82 Å². The largest absolute Gasteiger partial charge is 0.387 e. The predicted molar refractivity (Wildman–Crippen MR) is 99.0 cm³/mol. The van der Waals surface area contributed by atoms with Crippen LogP contribution in [0.25, 0.3) is 10.8 Å². The van der Waals surface area contributed by atoms with Gasteiger partial charge in [-0.05, 0) is 40.6 Å². The minimum absolute atomic E-state index is 0.150. The summed E-state index contributed by atoms with van der Waals surface area (Å²) in [5, 5.41) is 15.2. The number of rotatable bonds is 6. The average molecular weight is 355 g/mol. The number of carbonyl (C=O) groups is 1. The molecule has 0 aliphatic carbocycles. The Morgan fingerprint density at radius 2 is 1.76 bits per heavy atom. The van der Waals surface area contributed by atoms with Gasteiger partial charge in [-0.25, -0.2) is 4.39 Å². The van der Waals surface area contributed by atoms with E-state index in [1.54, 1.807) is 12.1 Å².